The zero-order chi connectivity index (χ0) is 15.6. The predicted octanol–water partition coefficient (Wildman–Crippen LogP) is 3.10. The molecule has 0 spiro atoms. The van der Waals surface area contributed by atoms with Gasteiger partial charge in [0, 0.05) is 0 Å². The van der Waals surface area contributed by atoms with Gasteiger partial charge in [-0.25, -0.2) is 4.39 Å². The van der Waals surface area contributed by atoms with E-state index in [0.29, 0.717) is 24.3 Å². The Hall–Kier alpha value is -1.49. The summed E-state index contributed by atoms with van der Waals surface area (Å²) in [5.74, 6) is -0.337. The van der Waals surface area contributed by atoms with Crippen LogP contribution < -0.4 is 11.1 Å². The minimum atomic E-state index is -0.685. The summed E-state index contributed by atoms with van der Waals surface area (Å²) in [4.78, 5) is 12.7. The van der Waals surface area contributed by atoms with Crippen molar-refractivity contribution in [3.8, 4) is 0 Å². The lowest BCUT2D eigenvalue weighted by Gasteiger charge is -2.39. The maximum Gasteiger partial charge on any atom is 0.255 e. The van der Waals surface area contributed by atoms with E-state index in [0.717, 1.165) is 12.8 Å². The van der Waals surface area contributed by atoms with Gasteiger partial charge in [-0.2, -0.15) is 0 Å². The number of benzene rings is 1. The van der Waals surface area contributed by atoms with Crippen LogP contribution in [0.25, 0.3) is 0 Å². The molecule has 1 aliphatic rings. The van der Waals surface area contributed by atoms with Gasteiger partial charge in [-0.3, -0.25) is 4.79 Å². The summed E-state index contributed by atoms with van der Waals surface area (Å²) in [6.07, 6.45) is 3.33. The molecule has 1 amide bonds. The Balaban J connectivity index is 2.23. The number of aryl methyl sites for hydroxylation is 1. The first-order valence-electron chi connectivity index (χ1n) is 7.23. The van der Waals surface area contributed by atoms with Crippen LogP contribution in [0.4, 0.5) is 4.39 Å². The third kappa shape index (κ3) is 3.23. The number of thiocarbonyl (C=S) groups is 1. The van der Waals surface area contributed by atoms with Crippen molar-refractivity contribution >= 4 is 23.1 Å². The fraction of sp³-hybridized carbons (Fsp3) is 0.500. The average molecular weight is 308 g/mol. The highest BCUT2D eigenvalue weighted by atomic mass is 32.1. The molecule has 0 bridgehead atoms. The minimum absolute atomic E-state index is 0.0456. The number of hydrogen-bond donors (Lipinski definition) is 2. The quantitative estimate of drug-likeness (QED) is 0.844. The Kier molecular flexibility index (Phi) is 4.61. The van der Waals surface area contributed by atoms with Gasteiger partial charge in [-0.05, 0) is 50.2 Å². The Bertz CT molecular complexity index is 565. The molecule has 1 fully saturated rings. The number of carbonyl (C=O) groups is 1. The summed E-state index contributed by atoms with van der Waals surface area (Å²) >= 11 is 5.16. The molecule has 5 heteroatoms. The van der Waals surface area contributed by atoms with Crippen molar-refractivity contribution in [3.63, 3.8) is 0 Å². The molecule has 2 rings (SSSR count). The average Bonchev–Trinajstić information content (AvgIpc) is 2.44. The summed E-state index contributed by atoms with van der Waals surface area (Å²) in [6, 6.07) is 4.79. The minimum Gasteiger partial charge on any atom is -0.391 e. The van der Waals surface area contributed by atoms with Gasteiger partial charge in [-0.1, -0.05) is 31.3 Å². The fourth-order valence-corrected chi connectivity index (χ4v) is 3.05. The van der Waals surface area contributed by atoms with Crippen LogP contribution in [-0.2, 0) is 0 Å². The van der Waals surface area contributed by atoms with Crippen LogP contribution in [-0.4, -0.2) is 16.4 Å². The lowest BCUT2D eigenvalue weighted by molar-refractivity contribution is 0.0896. The molecule has 3 N–H and O–H groups in total. The van der Waals surface area contributed by atoms with Crippen molar-refractivity contribution in [1.29, 1.82) is 0 Å². The third-order valence-corrected chi connectivity index (χ3v) is 4.78. The van der Waals surface area contributed by atoms with Crippen LogP contribution >= 0.6 is 12.2 Å². The summed E-state index contributed by atoms with van der Waals surface area (Å²) in [5, 5.41) is 2.89. The second-order valence-electron chi connectivity index (χ2n) is 6.02. The van der Waals surface area contributed by atoms with Gasteiger partial charge < -0.3 is 11.1 Å². The van der Waals surface area contributed by atoms with Gasteiger partial charge in [-0.15, -0.1) is 0 Å². The molecular weight excluding hydrogens is 287 g/mol. The molecule has 21 heavy (non-hydrogen) atoms. The first kappa shape index (κ1) is 15.9. The van der Waals surface area contributed by atoms with Gasteiger partial charge in [0.25, 0.3) is 5.91 Å². The van der Waals surface area contributed by atoms with E-state index in [4.69, 9.17) is 18.0 Å². The molecule has 114 valence electrons. The van der Waals surface area contributed by atoms with Crippen molar-refractivity contribution in [2.45, 2.75) is 45.1 Å². The first-order valence-corrected chi connectivity index (χ1v) is 7.64. The highest BCUT2D eigenvalue weighted by molar-refractivity contribution is 7.80. The second-order valence-corrected chi connectivity index (χ2v) is 6.46. The van der Waals surface area contributed by atoms with E-state index in [2.05, 4.69) is 12.2 Å². The number of nitrogens with two attached hydrogens (primary N) is 1. The molecule has 0 heterocycles. The fourth-order valence-electron chi connectivity index (χ4n) is 2.80. The van der Waals surface area contributed by atoms with Crippen molar-refractivity contribution in [2.24, 2.45) is 11.7 Å². The number of rotatable bonds is 3. The van der Waals surface area contributed by atoms with Crippen LogP contribution in [0.5, 0.6) is 0 Å². The van der Waals surface area contributed by atoms with Gasteiger partial charge in [0.05, 0.1) is 16.1 Å². The SMILES string of the molecule is Cc1cccc(C(=O)NC2(C(N)=S)CCC(C)CC2)c1F. The molecule has 3 nitrogen and oxygen atoms in total. The second kappa shape index (κ2) is 6.10. The Morgan fingerprint density at radius 2 is 2.05 bits per heavy atom. The highest BCUT2D eigenvalue weighted by Crippen LogP contribution is 2.32. The van der Waals surface area contributed by atoms with Crippen LogP contribution in [0.3, 0.4) is 0 Å². The van der Waals surface area contributed by atoms with Gasteiger partial charge in [0.1, 0.15) is 5.82 Å². The monoisotopic (exact) mass is 308 g/mol. The molecule has 1 aromatic carbocycles. The lowest BCUT2D eigenvalue weighted by atomic mass is 9.77. The summed E-state index contributed by atoms with van der Waals surface area (Å²) < 4.78 is 14.1. The van der Waals surface area contributed by atoms with Crippen molar-refractivity contribution in [3.05, 3.63) is 35.1 Å². The van der Waals surface area contributed by atoms with Crippen LogP contribution in [0.1, 0.15) is 48.5 Å². The standard InChI is InChI=1S/C16H21FN2OS/c1-10-6-8-16(9-7-10,15(18)21)19-14(20)12-5-3-4-11(2)13(12)17/h3-5,10H,6-9H2,1-2H3,(H2,18,21)(H,19,20). The normalized spacial score (nSPS) is 25.4. The zero-order valence-corrected chi connectivity index (χ0v) is 13.2. The van der Waals surface area contributed by atoms with Crippen LogP contribution in [0.15, 0.2) is 18.2 Å². The van der Waals surface area contributed by atoms with E-state index in [1.165, 1.54) is 6.07 Å². The Labute approximate surface area is 130 Å². The van der Waals surface area contributed by atoms with Crippen molar-refractivity contribution in [1.82, 2.24) is 5.32 Å². The molecule has 0 atom stereocenters. The number of carbonyl (C=O) groups excluding carboxylic acids is 1. The number of amides is 1. The first-order chi connectivity index (χ1) is 9.85. The molecule has 0 aromatic heterocycles. The van der Waals surface area contributed by atoms with Gasteiger partial charge >= 0.3 is 0 Å². The predicted molar refractivity (Wildman–Crippen MR) is 85.8 cm³/mol. The van der Waals surface area contributed by atoms with E-state index in [1.54, 1.807) is 19.1 Å². The highest BCUT2D eigenvalue weighted by Gasteiger charge is 2.38. The largest absolute Gasteiger partial charge is 0.391 e. The van der Waals surface area contributed by atoms with Gasteiger partial charge in [0.15, 0.2) is 0 Å². The van der Waals surface area contributed by atoms with E-state index >= 15 is 0 Å². The number of hydrogen-bond acceptors (Lipinski definition) is 2. The van der Waals surface area contributed by atoms with Crippen molar-refractivity contribution in [2.75, 3.05) is 0 Å². The molecule has 1 aromatic rings. The maximum atomic E-state index is 14.1. The molecule has 0 radical (unpaired) electrons. The third-order valence-electron chi connectivity index (χ3n) is 4.39. The van der Waals surface area contributed by atoms with E-state index in [9.17, 15) is 9.18 Å². The van der Waals surface area contributed by atoms with Gasteiger partial charge in [0.2, 0.25) is 0 Å². The van der Waals surface area contributed by atoms with Crippen LogP contribution in [0.2, 0.25) is 0 Å². The number of nitrogens with one attached hydrogen (secondary N) is 1. The Morgan fingerprint density at radius 1 is 1.43 bits per heavy atom. The molecule has 1 saturated carbocycles. The topological polar surface area (TPSA) is 55.1 Å². The number of halogens is 1. The molecule has 0 aliphatic heterocycles. The molecular formula is C16H21FN2OS. The van der Waals surface area contributed by atoms with E-state index in [-0.39, 0.29) is 10.6 Å². The maximum absolute atomic E-state index is 14.1. The summed E-state index contributed by atoms with van der Waals surface area (Å²) in [6.45, 7) is 3.81. The zero-order valence-electron chi connectivity index (χ0n) is 12.4. The summed E-state index contributed by atoms with van der Waals surface area (Å²) in [5.41, 5.74) is 5.67. The van der Waals surface area contributed by atoms with Crippen LogP contribution in [0, 0.1) is 18.7 Å². The smallest absolute Gasteiger partial charge is 0.255 e. The molecule has 1 aliphatic carbocycles. The van der Waals surface area contributed by atoms with E-state index < -0.39 is 17.3 Å². The molecule has 0 saturated heterocycles. The van der Waals surface area contributed by atoms with Crippen molar-refractivity contribution < 1.29 is 9.18 Å². The molecule has 0 unspecified atom stereocenters. The Morgan fingerprint density at radius 3 is 2.62 bits per heavy atom. The van der Waals surface area contributed by atoms with E-state index in [1.807, 2.05) is 0 Å². The lowest BCUT2D eigenvalue weighted by Crippen LogP contribution is -2.58. The summed E-state index contributed by atoms with van der Waals surface area (Å²) in [7, 11) is 0.